The molecule has 3 heteroatoms. The third-order valence-electron chi connectivity index (χ3n) is 5.59. The van der Waals surface area contributed by atoms with Gasteiger partial charge in [-0.1, -0.05) is 67.1 Å². The summed E-state index contributed by atoms with van der Waals surface area (Å²) in [6.07, 6.45) is 0.861. The van der Waals surface area contributed by atoms with Gasteiger partial charge in [-0.25, -0.2) is 4.98 Å². The second kappa shape index (κ2) is 8.11. The lowest BCUT2D eigenvalue weighted by Crippen LogP contribution is -2.16. The molecule has 30 heavy (non-hydrogen) atoms. The quantitative estimate of drug-likeness (QED) is 0.421. The average molecular weight is 395 g/mol. The SMILES string of the molecule is CCc1ccccc1NC(=O)c1c(C)c(-c2ccccc2)nc2c(C)cc(C)cc12. The van der Waals surface area contributed by atoms with E-state index in [0.717, 1.165) is 56.5 Å². The zero-order valence-corrected chi connectivity index (χ0v) is 17.9. The molecule has 0 saturated heterocycles. The second-order valence-electron chi connectivity index (χ2n) is 7.77. The molecule has 4 aromatic rings. The Balaban J connectivity index is 1.95. The number of aryl methyl sites for hydroxylation is 3. The summed E-state index contributed by atoms with van der Waals surface area (Å²) in [5, 5.41) is 4.06. The van der Waals surface area contributed by atoms with Crippen molar-refractivity contribution in [3.05, 3.63) is 94.5 Å². The highest BCUT2D eigenvalue weighted by molar-refractivity contribution is 6.15. The van der Waals surface area contributed by atoms with Gasteiger partial charge in [0.2, 0.25) is 0 Å². The molecular weight excluding hydrogens is 368 g/mol. The van der Waals surface area contributed by atoms with Crippen LogP contribution in [0.25, 0.3) is 22.2 Å². The monoisotopic (exact) mass is 394 g/mol. The number of nitrogens with zero attached hydrogens (tertiary/aromatic N) is 1. The Labute approximate surface area is 177 Å². The minimum atomic E-state index is -0.0945. The first-order valence-electron chi connectivity index (χ1n) is 10.4. The molecule has 0 radical (unpaired) electrons. The molecule has 1 aromatic heterocycles. The molecule has 1 heterocycles. The number of amides is 1. The third kappa shape index (κ3) is 3.59. The van der Waals surface area contributed by atoms with Crippen LogP contribution in [-0.2, 0) is 6.42 Å². The maximum absolute atomic E-state index is 13.6. The number of hydrogen-bond donors (Lipinski definition) is 1. The van der Waals surface area contributed by atoms with Gasteiger partial charge in [0.25, 0.3) is 5.91 Å². The van der Waals surface area contributed by atoms with Crippen LogP contribution in [0.15, 0.2) is 66.7 Å². The maximum atomic E-state index is 13.6. The maximum Gasteiger partial charge on any atom is 0.256 e. The summed E-state index contributed by atoms with van der Waals surface area (Å²) in [6.45, 7) is 8.20. The zero-order valence-electron chi connectivity index (χ0n) is 17.9. The number of para-hydroxylation sites is 1. The first-order chi connectivity index (χ1) is 14.5. The molecule has 3 nitrogen and oxygen atoms in total. The van der Waals surface area contributed by atoms with Gasteiger partial charge in [0.05, 0.1) is 16.8 Å². The van der Waals surface area contributed by atoms with Crippen LogP contribution in [0.5, 0.6) is 0 Å². The number of hydrogen-bond acceptors (Lipinski definition) is 2. The minimum Gasteiger partial charge on any atom is -0.322 e. The Morgan fingerprint density at radius 1 is 0.933 bits per heavy atom. The highest BCUT2D eigenvalue weighted by Gasteiger charge is 2.21. The molecular formula is C27H26N2O. The number of carbonyl (C=O) groups is 1. The lowest BCUT2D eigenvalue weighted by atomic mass is 9.94. The van der Waals surface area contributed by atoms with E-state index in [1.54, 1.807) is 0 Å². The first-order valence-corrected chi connectivity index (χ1v) is 10.4. The van der Waals surface area contributed by atoms with E-state index in [1.165, 1.54) is 0 Å². The van der Waals surface area contributed by atoms with Gasteiger partial charge in [-0.2, -0.15) is 0 Å². The molecule has 3 aromatic carbocycles. The van der Waals surface area contributed by atoms with Gasteiger partial charge in [0, 0.05) is 16.6 Å². The van der Waals surface area contributed by atoms with Gasteiger partial charge in [-0.05, 0) is 56.0 Å². The van der Waals surface area contributed by atoms with E-state index in [4.69, 9.17) is 4.98 Å². The number of rotatable bonds is 4. The highest BCUT2D eigenvalue weighted by Crippen LogP contribution is 2.32. The largest absolute Gasteiger partial charge is 0.322 e. The van der Waals surface area contributed by atoms with Crippen molar-refractivity contribution in [2.45, 2.75) is 34.1 Å². The Hall–Kier alpha value is -3.46. The van der Waals surface area contributed by atoms with Crippen LogP contribution >= 0.6 is 0 Å². The van der Waals surface area contributed by atoms with Crippen molar-refractivity contribution >= 4 is 22.5 Å². The fraction of sp³-hybridized carbons (Fsp3) is 0.185. The molecule has 1 N–H and O–H groups in total. The Morgan fingerprint density at radius 2 is 1.63 bits per heavy atom. The summed E-state index contributed by atoms with van der Waals surface area (Å²) in [5.74, 6) is -0.0945. The fourth-order valence-corrected chi connectivity index (χ4v) is 4.12. The number of pyridine rings is 1. The molecule has 0 atom stereocenters. The lowest BCUT2D eigenvalue weighted by molar-refractivity contribution is 0.102. The van der Waals surface area contributed by atoms with Crippen molar-refractivity contribution in [3.8, 4) is 11.3 Å². The summed E-state index contributed by atoms with van der Waals surface area (Å²) in [4.78, 5) is 18.6. The van der Waals surface area contributed by atoms with Crippen molar-refractivity contribution in [2.75, 3.05) is 5.32 Å². The van der Waals surface area contributed by atoms with Crippen LogP contribution in [0.1, 0.15) is 39.5 Å². The predicted molar refractivity (Wildman–Crippen MR) is 125 cm³/mol. The standard InChI is InChI=1S/C27H26N2O/c1-5-20-11-9-10-14-23(20)28-27(30)24-19(4)26(21-12-7-6-8-13-21)29-25-18(3)15-17(2)16-22(24)25/h6-16H,5H2,1-4H3,(H,28,30). The van der Waals surface area contributed by atoms with Crippen molar-refractivity contribution in [3.63, 3.8) is 0 Å². The molecule has 0 bridgehead atoms. The molecule has 4 rings (SSSR count). The van der Waals surface area contributed by atoms with E-state index in [2.05, 4.69) is 44.3 Å². The van der Waals surface area contributed by atoms with Gasteiger partial charge in [-0.15, -0.1) is 0 Å². The summed E-state index contributed by atoms with van der Waals surface area (Å²) in [5.41, 5.74) is 8.50. The molecule has 0 aliphatic rings. The van der Waals surface area contributed by atoms with Crippen LogP contribution in [0.3, 0.4) is 0 Å². The minimum absolute atomic E-state index is 0.0945. The first kappa shape index (κ1) is 19.8. The van der Waals surface area contributed by atoms with E-state index >= 15 is 0 Å². The molecule has 1 amide bonds. The number of benzene rings is 3. The van der Waals surface area contributed by atoms with Gasteiger partial charge < -0.3 is 5.32 Å². The van der Waals surface area contributed by atoms with Gasteiger partial charge in [0.1, 0.15) is 0 Å². The van der Waals surface area contributed by atoms with Crippen LogP contribution in [-0.4, -0.2) is 10.9 Å². The van der Waals surface area contributed by atoms with E-state index in [9.17, 15) is 4.79 Å². The summed E-state index contributed by atoms with van der Waals surface area (Å²) in [6, 6.07) is 22.2. The van der Waals surface area contributed by atoms with Gasteiger partial charge >= 0.3 is 0 Å². The van der Waals surface area contributed by atoms with Crippen molar-refractivity contribution in [1.29, 1.82) is 0 Å². The number of carbonyl (C=O) groups excluding carboxylic acids is 1. The summed E-state index contributed by atoms with van der Waals surface area (Å²) >= 11 is 0. The molecule has 0 aliphatic carbocycles. The predicted octanol–water partition coefficient (Wildman–Crippen LogP) is 6.64. The van der Waals surface area contributed by atoms with E-state index < -0.39 is 0 Å². The molecule has 0 unspecified atom stereocenters. The molecule has 0 spiro atoms. The summed E-state index contributed by atoms with van der Waals surface area (Å²) < 4.78 is 0. The Kier molecular flexibility index (Phi) is 5.37. The van der Waals surface area contributed by atoms with Crippen molar-refractivity contribution < 1.29 is 4.79 Å². The van der Waals surface area contributed by atoms with E-state index in [0.29, 0.717) is 5.56 Å². The van der Waals surface area contributed by atoms with E-state index in [1.807, 2.05) is 55.5 Å². The number of anilines is 1. The van der Waals surface area contributed by atoms with Crippen LogP contribution in [0.4, 0.5) is 5.69 Å². The van der Waals surface area contributed by atoms with Gasteiger partial charge in [-0.3, -0.25) is 4.79 Å². The van der Waals surface area contributed by atoms with Crippen molar-refractivity contribution in [2.24, 2.45) is 0 Å². The Bertz CT molecular complexity index is 1240. The van der Waals surface area contributed by atoms with Crippen LogP contribution in [0.2, 0.25) is 0 Å². The highest BCUT2D eigenvalue weighted by atomic mass is 16.1. The smallest absolute Gasteiger partial charge is 0.256 e. The third-order valence-corrected chi connectivity index (χ3v) is 5.59. The number of aromatic nitrogens is 1. The normalized spacial score (nSPS) is 10.9. The molecule has 0 aliphatic heterocycles. The van der Waals surface area contributed by atoms with Crippen molar-refractivity contribution in [1.82, 2.24) is 4.98 Å². The molecule has 0 fully saturated rings. The number of nitrogens with one attached hydrogen (secondary N) is 1. The second-order valence-corrected chi connectivity index (χ2v) is 7.77. The topological polar surface area (TPSA) is 42.0 Å². The van der Waals surface area contributed by atoms with Gasteiger partial charge in [0.15, 0.2) is 0 Å². The lowest BCUT2D eigenvalue weighted by Gasteiger charge is -2.17. The summed E-state index contributed by atoms with van der Waals surface area (Å²) in [7, 11) is 0. The van der Waals surface area contributed by atoms with Crippen LogP contribution < -0.4 is 5.32 Å². The molecule has 0 saturated carbocycles. The molecule has 150 valence electrons. The zero-order chi connectivity index (χ0) is 21.3. The van der Waals surface area contributed by atoms with Crippen LogP contribution in [0, 0.1) is 20.8 Å². The number of fused-ring (bicyclic) bond motifs is 1. The van der Waals surface area contributed by atoms with E-state index in [-0.39, 0.29) is 5.91 Å². The Morgan fingerprint density at radius 3 is 2.37 bits per heavy atom. The average Bonchev–Trinajstić information content (AvgIpc) is 2.74. The fourth-order valence-electron chi connectivity index (χ4n) is 4.12.